The summed E-state index contributed by atoms with van der Waals surface area (Å²) < 4.78 is 12.0. The van der Waals surface area contributed by atoms with Crippen molar-refractivity contribution < 1.29 is 9.47 Å². The van der Waals surface area contributed by atoms with Gasteiger partial charge in [0.1, 0.15) is 6.61 Å². The lowest BCUT2D eigenvalue weighted by atomic mass is 10.1. The van der Waals surface area contributed by atoms with Crippen LogP contribution >= 0.6 is 15.9 Å². The average Bonchev–Trinajstić information content (AvgIpc) is 2.46. The normalized spacial score (nSPS) is 12.0. The van der Waals surface area contributed by atoms with Crippen molar-refractivity contribution in [3.63, 3.8) is 0 Å². The van der Waals surface area contributed by atoms with Gasteiger partial charge >= 0.3 is 0 Å². The van der Waals surface area contributed by atoms with Crippen molar-refractivity contribution in [3.05, 3.63) is 46.5 Å². The molecule has 1 atom stereocenters. The van der Waals surface area contributed by atoms with E-state index in [0.717, 1.165) is 16.5 Å². The molecule has 1 aromatic heterocycles. The molecule has 1 unspecified atom stereocenters. The number of nitrogens with two attached hydrogens (primary N) is 1. The summed E-state index contributed by atoms with van der Waals surface area (Å²) in [5.74, 6) is 1.92. The smallest absolute Gasteiger partial charge is 0.176 e. The number of nitrogens with zero attached hydrogens (tertiary/aromatic N) is 2. The van der Waals surface area contributed by atoms with Crippen molar-refractivity contribution in [1.29, 1.82) is 0 Å². The lowest BCUT2D eigenvalue weighted by Crippen LogP contribution is -2.17. The molecule has 2 rings (SSSR count). The second-order valence-electron chi connectivity index (χ2n) is 4.74. The molecule has 0 bridgehead atoms. The fraction of sp³-hybridized carbons (Fsp3) is 0.333. The number of ether oxygens (including phenoxy) is 2. The fourth-order valence-corrected chi connectivity index (χ4v) is 2.55. The van der Waals surface area contributed by atoms with Crippen LogP contribution in [0.15, 0.2) is 35.1 Å². The van der Waals surface area contributed by atoms with Gasteiger partial charge in [0.15, 0.2) is 17.3 Å². The highest BCUT2D eigenvalue weighted by atomic mass is 79.9. The average molecular weight is 352 g/mol. The highest BCUT2D eigenvalue weighted by molar-refractivity contribution is 9.10. The molecule has 0 fully saturated rings. The minimum Gasteiger partial charge on any atom is -0.493 e. The predicted octanol–water partition coefficient (Wildman–Crippen LogP) is 2.72. The highest BCUT2D eigenvalue weighted by Gasteiger charge is 2.13. The van der Waals surface area contributed by atoms with Crippen LogP contribution in [0.5, 0.6) is 11.5 Å². The van der Waals surface area contributed by atoms with Crippen LogP contribution in [0, 0.1) is 0 Å². The summed E-state index contributed by atoms with van der Waals surface area (Å²) in [5, 5.41) is 0. The first-order chi connectivity index (χ1) is 10.1. The van der Waals surface area contributed by atoms with Gasteiger partial charge in [-0.15, -0.1) is 0 Å². The standard InChI is InChI=1S/C15H18BrN3O2/c1-10(17)6-11-7-12(16)15(13(8-11)20-2)21-9-14-18-4-3-5-19-14/h3-5,7-8,10H,6,9,17H2,1-2H3. The van der Waals surface area contributed by atoms with Crippen LogP contribution in [0.25, 0.3) is 0 Å². The zero-order valence-electron chi connectivity index (χ0n) is 12.0. The van der Waals surface area contributed by atoms with Gasteiger partial charge in [0.2, 0.25) is 0 Å². The zero-order valence-corrected chi connectivity index (χ0v) is 13.6. The molecule has 112 valence electrons. The topological polar surface area (TPSA) is 70.3 Å². The number of methoxy groups -OCH3 is 1. The minimum absolute atomic E-state index is 0.0890. The van der Waals surface area contributed by atoms with E-state index in [1.54, 1.807) is 25.6 Å². The Morgan fingerprint density at radius 3 is 2.62 bits per heavy atom. The number of benzene rings is 1. The third-order valence-corrected chi connectivity index (χ3v) is 3.40. The predicted molar refractivity (Wildman–Crippen MR) is 84.4 cm³/mol. The van der Waals surface area contributed by atoms with Crippen molar-refractivity contribution >= 4 is 15.9 Å². The number of aromatic nitrogens is 2. The Kier molecular flexibility index (Phi) is 5.52. The molecule has 6 heteroatoms. The Morgan fingerprint density at radius 1 is 1.29 bits per heavy atom. The number of hydrogen-bond donors (Lipinski definition) is 1. The van der Waals surface area contributed by atoms with E-state index in [1.165, 1.54) is 0 Å². The molecule has 2 aromatic rings. The van der Waals surface area contributed by atoms with E-state index < -0.39 is 0 Å². The van der Waals surface area contributed by atoms with Crippen LogP contribution in [0.2, 0.25) is 0 Å². The van der Waals surface area contributed by atoms with Crippen LogP contribution in [0.3, 0.4) is 0 Å². The first-order valence-electron chi connectivity index (χ1n) is 6.61. The van der Waals surface area contributed by atoms with Crippen LogP contribution < -0.4 is 15.2 Å². The molecule has 1 aromatic carbocycles. The van der Waals surface area contributed by atoms with Crippen molar-refractivity contribution in [2.24, 2.45) is 5.73 Å². The van der Waals surface area contributed by atoms with E-state index in [9.17, 15) is 0 Å². The third kappa shape index (κ3) is 4.41. The molecule has 2 N–H and O–H groups in total. The molecule has 0 spiro atoms. The summed E-state index contributed by atoms with van der Waals surface area (Å²) in [7, 11) is 1.61. The second kappa shape index (κ2) is 7.38. The molecule has 0 aliphatic heterocycles. The first-order valence-corrected chi connectivity index (χ1v) is 7.40. The third-order valence-electron chi connectivity index (χ3n) is 2.81. The summed E-state index contributed by atoms with van der Waals surface area (Å²) in [6, 6.07) is 5.79. The lowest BCUT2D eigenvalue weighted by Gasteiger charge is -2.14. The van der Waals surface area contributed by atoms with Gasteiger partial charge in [-0.3, -0.25) is 0 Å². The van der Waals surface area contributed by atoms with E-state index in [1.807, 2.05) is 19.1 Å². The SMILES string of the molecule is COc1cc(CC(C)N)cc(Br)c1OCc1ncccn1. The van der Waals surface area contributed by atoms with Gasteiger partial charge in [-0.25, -0.2) is 9.97 Å². The molecule has 0 saturated carbocycles. The van der Waals surface area contributed by atoms with E-state index in [0.29, 0.717) is 17.3 Å². The summed E-state index contributed by atoms with van der Waals surface area (Å²) in [6.45, 7) is 2.25. The maximum absolute atomic E-state index is 5.83. The van der Waals surface area contributed by atoms with Crippen molar-refractivity contribution in [2.45, 2.75) is 26.0 Å². The molecule has 0 amide bonds. The zero-order chi connectivity index (χ0) is 15.2. The van der Waals surface area contributed by atoms with Crippen LogP contribution in [0.4, 0.5) is 0 Å². The summed E-state index contributed by atoms with van der Waals surface area (Å²) >= 11 is 3.52. The van der Waals surface area contributed by atoms with Gasteiger partial charge in [-0.2, -0.15) is 0 Å². The van der Waals surface area contributed by atoms with Crippen molar-refractivity contribution in [2.75, 3.05) is 7.11 Å². The van der Waals surface area contributed by atoms with E-state index >= 15 is 0 Å². The van der Waals surface area contributed by atoms with Crippen LogP contribution in [-0.2, 0) is 13.0 Å². The van der Waals surface area contributed by atoms with Gasteiger partial charge in [0.25, 0.3) is 0 Å². The summed E-state index contributed by atoms with van der Waals surface area (Å²) in [6.07, 6.45) is 4.14. The second-order valence-corrected chi connectivity index (χ2v) is 5.60. The maximum Gasteiger partial charge on any atom is 0.176 e. The number of rotatable bonds is 6. The number of halogens is 1. The van der Waals surface area contributed by atoms with Gasteiger partial charge in [-0.1, -0.05) is 0 Å². The van der Waals surface area contributed by atoms with Gasteiger partial charge in [0.05, 0.1) is 11.6 Å². The van der Waals surface area contributed by atoms with E-state index in [-0.39, 0.29) is 12.6 Å². The quantitative estimate of drug-likeness (QED) is 0.866. The Hall–Kier alpha value is -1.66. The molecular weight excluding hydrogens is 334 g/mol. The Bertz CT molecular complexity index is 591. The van der Waals surface area contributed by atoms with Crippen molar-refractivity contribution in [3.8, 4) is 11.5 Å². The minimum atomic E-state index is 0.0890. The Balaban J connectivity index is 2.18. The van der Waals surface area contributed by atoms with Gasteiger partial charge in [-0.05, 0) is 53.0 Å². The van der Waals surface area contributed by atoms with Crippen LogP contribution in [-0.4, -0.2) is 23.1 Å². The molecule has 5 nitrogen and oxygen atoms in total. The molecular formula is C15H18BrN3O2. The van der Waals surface area contributed by atoms with E-state index in [2.05, 4.69) is 25.9 Å². The lowest BCUT2D eigenvalue weighted by molar-refractivity contribution is 0.274. The molecule has 1 heterocycles. The Labute approximate surface area is 132 Å². The molecule has 0 aliphatic rings. The maximum atomic E-state index is 5.83. The van der Waals surface area contributed by atoms with E-state index in [4.69, 9.17) is 15.2 Å². The van der Waals surface area contributed by atoms with Crippen molar-refractivity contribution in [1.82, 2.24) is 9.97 Å². The molecule has 21 heavy (non-hydrogen) atoms. The molecule has 0 saturated heterocycles. The highest BCUT2D eigenvalue weighted by Crippen LogP contribution is 2.37. The number of hydrogen-bond acceptors (Lipinski definition) is 5. The first kappa shape index (κ1) is 15.7. The largest absolute Gasteiger partial charge is 0.493 e. The summed E-state index contributed by atoms with van der Waals surface area (Å²) in [5.41, 5.74) is 6.93. The van der Waals surface area contributed by atoms with Gasteiger partial charge in [0, 0.05) is 18.4 Å². The van der Waals surface area contributed by atoms with Crippen LogP contribution in [0.1, 0.15) is 18.3 Å². The summed E-state index contributed by atoms with van der Waals surface area (Å²) in [4.78, 5) is 8.25. The Morgan fingerprint density at radius 2 is 2.00 bits per heavy atom. The monoisotopic (exact) mass is 351 g/mol. The molecule has 0 radical (unpaired) electrons. The molecule has 0 aliphatic carbocycles. The van der Waals surface area contributed by atoms with Gasteiger partial charge < -0.3 is 15.2 Å². The fourth-order valence-electron chi connectivity index (χ4n) is 1.94.